The first-order valence-corrected chi connectivity index (χ1v) is 5.12. The fourth-order valence-electron chi connectivity index (χ4n) is 1.38. The smallest absolute Gasteiger partial charge is 0.174 e. The Labute approximate surface area is 94.0 Å². The van der Waals surface area contributed by atoms with Crippen LogP contribution in [0, 0.1) is 6.92 Å². The molecule has 2 rings (SSSR count). The van der Waals surface area contributed by atoms with Crippen molar-refractivity contribution in [2.75, 3.05) is 0 Å². The van der Waals surface area contributed by atoms with Crippen molar-refractivity contribution in [2.45, 2.75) is 20.1 Å². The predicted octanol–water partition coefficient (Wildman–Crippen LogP) is 2.02. The Morgan fingerprint density at radius 1 is 1.38 bits per heavy atom. The zero-order chi connectivity index (χ0) is 11.4. The summed E-state index contributed by atoms with van der Waals surface area (Å²) in [6.07, 6.45) is 0. The maximum Gasteiger partial charge on any atom is 0.174 e. The van der Waals surface area contributed by atoms with E-state index in [4.69, 9.17) is 15.0 Å². The summed E-state index contributed by atoms with van der Waals surface area (Å²) in [6.45, 7) is 2.78. The van der Waals surface area contributed by atoms with E-state index in [0.717, 1.165) is 17.0 Å². The van der Waals surface area contributed by atoms with E-state index >= 15 is 0 Å². The minimum absolute atomic E-state index is 0.371. The Hall–Kier alpha value is -1.81. The van der Waals surface area contributed by atoms with Crippen LogP contribution in [0.2, 0.25) is 0 Å². The minimum Gasteiger partial charge on any atom is -0.486 e. The van der Waals surface area contributed by atoms with Crippen LogP contribution in [0.25, 0.3) is 0 Å². The minimum atomic E-state index is 0.371. The first-order chi connectivity index (χ1) is 7.78. The van der Waals surface area contributed by atoms with Crippen molar-refractivity contribution in [2.24, 2.45) is 5.73 Å². The van der Waals surface area contributed by atoms with E-state index in [1.807, 2.05) is 31.2 Å². The topological polar surface area (TPSA) is 61.3 Å². The lowest BCUT2D eigenvalue weighted by molar-refractivity contribution is 0.248. The van der Waals surface area contributed by atoms with Crippen molar-refractivity contribution >= 4 is 0 Å². The fourth-order valence-corrected chi connectivity index (χ4v) is 1.38. The lowest BCUT2D eigenvalue weighted by Crippen LogP contribution is -1.96. The molecule has 4 heteroatoms. The molecule has 0 saturated carbocycles. The van der Waals surface area contributed by atoms with Gasteiger partial charge in [0.05, 0.1) is 5.69 Å². The van der Waals surface area contributed by atoms with Crippen LogP contribution in [-0.2, 0) is 13.2 Å². The zero-order valence-corrected chi connectivity index (χ0v) is 9.14. The summed E-state index contributed by atoms with van der Waals surface area (Å²) in [5.41, 5.74) is 7.33. The predicted molar refractivity (Wildman–Crippen MR) is 59.9 cm³/mol. The number of nitrogens with two attached hydrogens (primary N) is 1. The highest BCUT2D eigenvalue weighted by Crippen LogP contribution is 2.14. The molecule has 0 unspecified atom stereocenters. The molecule has 0 aliphatic carbocycles. The van der Waals surface area contributed by atoms with E-state index in [-0.39, 0.29) is 0 Å². The molecule has 1 aromatic carbocycles. The van der Waals surface area contributed by atoms with Crippen LogP contribution < -0.4 is 10.5 Å². The first-order valence-electron chi connectivity index (χ1n) is 5.12. The van der Waals surface area contributed by atoms with Crippen molar-refractivity contribution < 1.29 is 9.26 Å². The van der Waals surface area contributed by atoms with E-state index < -0.39 is 0 Å². The van der Waals surface area contributed by atoms with E-state index in [9.17, 15) is 0 Å². The summed E-state index contributed by atoms with van der Waals surface area (Å²) in [4.78, 5) is 0. The van der Waals surface area contributed by atoms with Gasteiger partial charge in [-0.1, -0.05) is 17.3 Å². The van der Waals surface area contributed by atoms with Crippen LogP contribution in [0.3, 0.4) is 0 Å². The number of hydrogen-bond acceptors (Lipinski definition) is 4. The Kier molecular flexibility index (Phi) is 3.22. The molecular formula is C12H14N2O2. The number of aromatic nitrogens is 1. The van der Waals surface area contributed by atoms with Gasteiger partial charge in [-0.15, -0.1) is 0 Å². The van der Waals surface area contributed by atoms with Crippen LogP contribution in [0.5, 0.6) is 5.75 Å². The highest BCUT2D eigenvalue weighted by Gasteiger charge is 2.03. The molecule has 0 bridgehead atoms. The second kappa shape index (κ2) is 4.81. The summed E-state index contributed by atoms with van der Waals surface area (Å²) < 4.78 is 10.6. The Morgan fingerprint density at radius 3 is 2.94 bits per heavy atom. The fraction of sp³-hybridized carbons (Fsp3) is 0.250. The molecule has 16 heavy (non-hydrogen) atoms. The molecule has 84 valence electrons. The second-order valence-corrected chi connectivity index (χ2v) is 3.59. The van der Waals surface area contributed by atoms with Crippen LogP contribution >= 0.6 is 0 Å². The standard InChI is InChI=1S/C12H14N2O2/c1-9-3-2-4-11(5-9)15-8-12-6-10(7-13)14-16-12/h2-6H,7-8,13H2,1H3. The van der Waals surface area contributed by atoms with Crippen molar-refractivity contribution in [3.63, 3.8) is 0 Å². The Balaban J connectivity index is 1.96. The highest BCUT2D eigenvalue weighted by atomic mass is 16.5. The van der Waals surface area contributed by atoms with Gasteiger partial charge in [-0.2, -0.15) is 0 Å². The molecule has 4 nitrogen and oxygen atoms in total. The lowest BCUT2D eigenvalue weighted by atomic mass is 10.2. The molecule has 1 aromatic heterocycles. The zero-order valence-electron chi connectivity index (χ0n) is 9.14. The molecule has 0 spiro atoms. The van der Waals surface area contributed by atoms with Crippen LogP contribution in [0.1, 0.15) is 17.0 Å². The summed E-state index contributed by atoms with van der Waals surface area (Å²) in [7, 11) is 0. The van der Waals surface area contributed by atoms with Gasteiger partial charge in [0.2, 0.25) is 0 Å². The van der Waals surface area contributed by atoms with Gasteiger partial charge in [0.15, 0.2) is 5.76 Å². The average molecular weight is 218 g/mol. The summed E-state index contributed by atoms with van der Waals surface area (Å²) >= 11 is 0. The number of rotatable bonds is 4. The maximum atomic E-state index is 5.56. The van der Waals surface area contributed by atoms with Crippen molar-refractivity contribution in [1.29, 1.82) is 0 Å². The third kappa shape index (κ3) is 2.61. The van der Waals surface area contributed by atoms with Gasteiger partial charge in [-0.3, -0.25) is 0 Å². The Bertz CT molecular complexity index is 466. The number of benzene rings is 1. The van der Waals surface area contributed by atoms with E-state index in [2.05, 4.69) is 5.16 Å². The van der Waals surface area contributed by atoms with E-state index in [1.54, 1.807) is 6.07 Å². The second-order valence-electron chi connectivity index (χ2n) is 3.59. The van der Waals surface area contributed by atoms with Gasteiger partial charge in [-0.05, 0) is 24.6 Å². The summed E-state index contributed by atoms with van der Waals surface area (Å²) in [5, 5.41) is 3.78. The monoisotopic (exact) mass is 218 g/mol. The van der Waals surface area contributed by atoms with Gasteiger partial charge in [0.1, 0.15) is 12.4 Å². The van der Waals surface area contributed by atoms with Crippen LogP contribution in [-0.4, -0.2) is 5.16 Å². The average Bonchev–Trinajstić information content (AvgIpc) is 2.74. The molecule has 0 aliphatic rings. The third-order valence-corrected chi connectivity index (χ3v) is 2.19. The molecule has 0 radical (unpaired) electrons. The lowest BCUT2D eigenvalue weighted by Gasteiger charge is -2.03. The number of hydrogen-bond donors (Lipinski definition) is 1. The van der Waals surface area contributed by atoms with Crippen molar-refractivity contribution in [3.05, 3.63) is 47.3 Å². The highest BCUT2D eigenvalue weighted by molar-refractivity contribution is 5.27. The molecular weight excluding hydrogens is 204 g/mol. The molecule has 0 saturated heterocycles. The van der Waals surface area contributed by atoms with Crippen LogP contribution in [0.4, 0.5) is 0 Å². The normalized spacial score (nSPS) is 10.4. The summed E-state index contributed by atoms with van der Waals surface area (Å²) in [6, 6.07) is 9.66. The molecule has 0 atom stereocenters. The molecule has 0 aliphatic heterocycles. The van der Waals surface area contributed by atoms with Crippen LogP contribution in [0.15, 0.2) is 34.9 Å². The number of aryl methyl sites for hydroxylation is 1. The van der Waals surface area contributed by atoms with Crippen molar-refractivity contribution in [3.8, 4) is 5.75 Å². The third-order valence-electron chi connectivity index (χ3n) is 2.19. The van der Waals surface area contributed by atoms with Gasteiger partial charge in [-0.25, -0.2) is 0 Å². The van der Waals surface area contributed by atoms with Gasteiger partial charge in [0, 0.05) is 12.6 Å². The quantitative estimate of drug-likeness (QED) is 0.852. The molecule has 2 N–H and O–H groups in total. The number of ether oxygens (including phenoxy) is 1. The van der Waals surface area contributed by atoms with E-state index in [0.29, 0.717) is 18.9 Å². The molecule has 1 heterocycles. The molecule has 2 aromatic rings. The first kappa shape index (κ1) is 10.7. The molecule has 0 amide bonds. The van der Waals surface area contributed by atoms with Gasteiger partial charge < -0.3 is 15.0 Å². The largest absolute Gasteiger partial charge is 0.486 e. The number of nitrogens with zero attached hydrogens (tertiary/aromatic N) is 1. The molecule has 0 fully saturated rings. The maximum absolute atomic E-state index is 5.56. The van der Waals surface area contributed by atoms with E-state index in [1.165, 1.54) is 0 Å². The SMILES string of the molecule is Cc1cccc(OCc2cc(CN)no2)c1. The Morgan fingerprint density at radius 2 is 2.25 bits per heavy atom. The van der Waals surface area contributed by atoms with Gasteiger partial charge in [0.25, 0.3) is 0 Å². The van der Waals surface area contributed by atoms with Gasteiger partial charge >= 0.3 is 0 Å². The summed E-state index contributed by atoms with van der Waals surface area (Å²) in [5.74, 6) is 1.51. The van der Waals surface area contributed by atoms with Crippen molar-refractivity contribution in [1.82, 2.24) is 5.16 Å².